The van der Waals surface area contributed by atoms with Gasteiger partial charge in [-0.1, -0.05) is 12.1 Å². The first-order valence-electron chi connectivity index (χ1n) is 5.43. The molecule has 0 atom stereocenters. The van der Waals surface area contributed by atoms with Crippen LogP contribution in [0.5, 0.6) is 0 Å². The van der Waals surface area contributed by atoms with Gasteiger partial charge in [-0.15, -0.1) is 0 Å². The lowest BCUT2D eigenvalue weighted by Crippen LogP contribution is -2.46. The van der Waals surface area contributed by atoms with Crippen molar-refractivity contribution in [3.05, 3.63) is 41.2 Å². The molecule has 0 saturated heterocycles. The Balaban J connectivity index is 1.92. The zero-order chi connectivity index (χ0) is 12.5. The van der Waals surface area contributed by atoms with Crippen LogP contribution < -0.4 is 15.9 Å². The molecule has 1 aliphatic rings. The maximum Gasteiger partial charge on any atom is 0.221 e. The second kappa shape index (κ2) is 4.04. The van der Waals surface area contributed by atoms with Crippen LogP contribution in [0.15, 0.2) is 35.3 Å². The number of aliphatic imine (C=N–C) groups is 1. The number of aromatic nitrogens is 2. The van der Waals surface area contributed by atoms with Gasteiger partial charge in [-0.05, 0) is 19.1 Å². The standard InChI is InChI=1S/C11H11N6O/c1-7-6-10(15-14-7)13-11-12-8-4-2-3-5-9(8)17(18)16-11/h2-6H,1H3,(H3,12,13,14,15,16)/q-1. The number of nitrogens with one attached hydrogen (secondary N) is 3. The molecule has 0 saturated carbocycles. The van der Waals surface area contributed by atoms with Gasteiger partial charge in [0.2, 0.25) is 5.96 Å². The Kier molecular flexibility index (Phi) is 2.38. The molecule has 1 aromatic carbocycles. The van der Waals surface area contributed by atoms with Crippen molar-refractivity contribution in [2.24, 2.45) is 4.99 Å². The van der Waals surface area contributed by atoms with Crippen LogP contribution in [0.3, 0.4) is 0 Å². The SMILES string of the molecule is Cc1cc(N=C2Nc3ccccc3N([O-])N2)n[nH]1. The lowest BCUT2D eigenvalue weighted by atomic mass is 10.2. The Morgan fingerprint density at radius 1 is 1.33 bits per heavy atom. The van der Waals surface area contributed by atoms with E-state index in [4.69, 9.17) is 0 Å². The van der Waals surface area contributed by atoms with Crippen LogP contribution in [-0.2, 0) is 0 Å². The van der Waals surface area contributed by atoms with Crippen LogP contribution in [0, 0.1) is 12.1 Å². The lowest BCUT2D eigenvalue weighted by molar-refractivity contribution is 0.907. The zero-order valence-corrected chi connectivity index (χ0v) is 9.64. The van der Waals surface area contributed by atoms with E-state index in [0.29, 0.717) is 28.3 Å². The fourth-order valence-corrected chi connectivity index (χ4v) is 1.70. The number of nitrogens with zero attached hydrogens (tertiary/aromatic N) is 3. The first kappa shape index (κ1) is 10.6. The lowest BCUT2D eigenvalue weighted by Gasteiger charge is -2.37. The van der Waals surface area contributed by atoms with Gasteiger partial charge in [0.25, 0.3) is 0 Å². The maximum atomic E-state index is 11.7. The van der Waals surface area contributed by atoms with E-state index in [0.717, 1.165) is 5.69 Å². The van der Waals surface area contributed by atoms with Crippen LogP contribution >= 0.6 is 0 Å². The smallest absolute Gasteiger partial charge is 0.221 e. The Hall–Kier alpha value is -2.54. The van der Waals surface area contributed by atoms with Gasteiger partial charge in [0.15, 0.2) is 5.82 Å². The largest absolute Gasteiger partial charge is 0.739 e. The van der Waals surface area contributed by atoms with Gasteiger partial charge in [0.05, 0.1) is 11.4 Å². The van der Waals surface area contributed by atoms with Crippen molar-refractivity contribution in [3.8, 4) is 0 Å². The molecule has 92 valence electrons. The molecule has 0 spiro atoms. The summed E-state index contributed by atoms with van der Waals surface area (Å²) in [6.45, 7) is 1.88. The number of H-pyrrole nitrogens is 1. The maximum absolute atomic E-state index is 11.7. The summed E-state index contributed by atoms with van der Waals surface area (Å²) in [4.78, 5) is 4.20. The second-order valence-corrected chi connectivity index (χ2v) is 3.92. The minimum Gasteiger partial charge on any atom is -0.739 e. The first-order valence-corrected chi connectivity index (χ1v) is 5.43. The normalized spacial score (nSPS) is 16.1. The average molecular weight is 243 g/mol. The number of aryl methyl sites for hydroxylation is 1. The zero-order valence-electron chi connectivity index (χ0n) is 9.64. The van der Waals surface area contributed by atoms with E-state index in [2.05, 4.69) is 25.9 Å². The molecule has 0 aliphatic carbocycles. The quantitative estimate of drug-likeness (QED) is 0.708. The molecule has 3 rings (SSSR count). The minimum atomic E-state index is 0.343. The topological polar surface area (TPSA) is 91.4 Å². The Morgan fingerprint density at radius 2 is 2.17 bits per heavy atom. The predicted octanol–water partition coefficient (Wildman–Crippen LogP) is 1.64. The molecule has 2 heterocycles. The number of rotatable bonds is 1. The van der Waals surface area contributed by atoms with E-state index in [-0.39, 0.29) is 0 Å². The molecule has 0 fully saturated rings. The van der Waals surface area contributed by atoms with Gasteiger partial charge in [0, 0.05) is 11.8 Å². The van der Waals surface area contributed by atoms with Crippen molar-refractivity contribution in [3.63, 3.8) is 0 Å². The van der Waals surface area contributed by atoms with Crippen LogP contribution in [0.4, 0.5) is 17.2 Å². The fourth-order valence-electron chi connectivity index (χ4n) is 1.70. The van der Waals surface area contributed by atoms with Gasteiger partial charge in [0.1, 0.15) is 0 Å². The summed E-state index contributed by atoms with van der Waals surface area (Å²) >= 11 is 0. The molecule has 7 nitrogen and oxygen atoms in total. The Bertz CT molecular complexity index is 605. The van der Waals surface area contributed by atoms with Crippen molar-refractivity contribution >= 4 is 23.2 Å². The summed E-state index contributed by atoms with van der Waals surface area (Å²) in [6, 6.07) is 8.96. The third kappa shape index (κ3) is 1.87. The summed E-state index contributed by atoms with van der Waals surface area (Å²) < 4.78 is 0. The number of hydrogen-bond donors (Lipinski definition) is 3. The first-order chi connectivity index (χ1) is 8.72. The highest BCUT2D eigenvalue weighted by molar-refractivity contribution is 6.01. The number of aromatic amines is 1. The van der Waals surface area contributed by atoms with Crippen LogP contribution in [0.2, 0.25) is 0 Å². The van der Waals surface area contributed by atoms with E-state index in [1.807, 2.05) is 19.1 Å². The van der Waals surface area contributed by atoms with Crippen LogP contribution in [0.25, 0.3) is 0 Å². The minimum absolute atomic E-state index is 0.343. The molecule has 0 radical (unpaired) electrons. The second-order valence-electron chi connectivity index (χ2n) is 3.92. The number of anilines is 2. The molecule has 18 heavy (non-hydrogen) atoms. The van der Waals surface area contributed by atoms with Crippen molar-refractivity contribution in [1.82, 2.24) is 15.6 Å². The molecule has 0 bridgehead atoms. The van der Waals surface area contributed by atoms with E-state index in [9.17, 15) is 5.21 Å². The highest BCUT2D eigenvalue weighted by Gasteiger charge is 2.13. The van der Waals surface area contributed by atoms with E-state index < -0.39 is 0 Å². The number of hydrazine groups is 1. The van der Waals surface area contributed by atoms with Crippen molar-refractivity contribution in [1.29, 1.82) is 0 Å². The predicted molar refractivity (Wildman–Crippen MR) is 69.5 cm³/mol. The summed E-state index contributed by atoms with van der Waals surface area (Å²) in [7, 11) is 0. The van der Waals surface area contributed by atoms with E-state index in [1.54, 1.807) is 18.2 Å². The molecule has 7 heteroatoms. The van der Waals surface area contributed by atoms with Gasteiger partial charge in [-0.2, -0.15) is 10.1 Å². The molecular weight excluding hydrogens is 232 g/mol. The van der Waals surface area contributed by atoms with Gasteiger partial charge in [-0.25, -0.2) is 0 Å². The van der Waals surface area contributed by atoms with Crippen molar-refractivity contribution in [2.75, 3.05) is 10.5 Å². The molecule has 1 aliphatic heterocycles. The van der Waals surface area contributed by atoms with E-state index >= 15 is 0 Å². The molecule has 0 unspecified atom stereocenters. The van der Waals surface area contributed by atoms with Gasteiger partial charge >= 0.3 is 0 Å². The Labute approximate surface area is 103 Å². The molecular formula is C11H11N6O-. The number of benzene rings is 1. The average Bonchev–Trinajstić information content (AvgIpc) is 2.75. The molecule has 1 aromatic heterocycles. The third-order valence-corrected chi connectivity index (χ3v) is 2.50. The highest BCUT2D eigenvalue weighted by Crippen LogP contribution is 2.26. The number of hydrogen-bond acceptors (Lipinski definition) is 4. The van der Waals surface area contributed by atoms with Crippen molar-refractivity contribution < 1.29 is 0 Å². The van der Waals surface area contributed by atoms with E-state index in [1.165, 1.54) is 0 Å². The summed E-state index contributed by atoms with van der Waals surface area (Å²) in [5.41, 5.74) is 4.73. The number of para-hydroxylation sites is 2. The van der Waals surface area contributed by atoms with Crippen LogP contribution in [0.1, 0.15) is 5.69 Å². The van der Waals surface area contributed by atoms with Gasteiger partial charge in [-0.3, -0.25) is 10.5 Å². The molecule has 2 aromatic rings. The van der Waals surface area contributed by atoms with Crippen LogP contribution in [-0.4, -0.2) is 16.2 Å². The molecule has 3 N–H and O–H groups in total. The number of guanidine groups is 1. The highest BCUT2D eigenvalue weighted by atomic mass is 16.5. The fraction of sp³-hybridized carbons (Fsp3) is 0.0909. The Morgan fingerprint density at radius 3 is 2.94 bits per heavy atom. The summed E-state index contributed by atoms with van der Waals surface area (Å²) in [6.07, 6.45) is 0. The summed E-state index contributed by atoms with van der Waals surface area (Å²) in [5, 5.41) is 22.2. The summed E-state index contributed by atoms with van der Waals surface area (Å²) in [5.74, 6) is 0.852. The van der Waals surface area contributed by atoms with Gasteiger partial charge < -0.3 is 15.7 Å². The third-order valence-electron chi connectivity index (χ3n) is 2.50. The monoisotopic (exact) mass is 243 g/mol. The molecule has 0 amide bonds. The number of fused-ring (bicyclic) bond motifs is 1. The van der Waals surface area contributed by atoms with Crippen molar-refractivity contribution in [2.45, 2.75) is 6.92 Å².